The number of hydrogen-bond acceptors (Lipinski definition) is 0. The Kier molecular flexibility index (Phi) is 6.62. The van der Waals surface area contributed by atoms with Crippen molar-refractivity contribution in [2.24, 2.45) is 5.41 Å². The van der Waals surface area contributed by atoms with E-state index in [9.17, 15) is 0 Å². The third-order valence-electron chi connectivity index (χ3n) is 9.94. The van der Waals surface area contributed by atoms with Crippen LogP contribution in [-0.4, -0.2) is 9.13 Å². The SMILES string of the molecule is Cc1ccccc1-c1cc(-c2ccc3c(c2)c2c(n3-c3ccc4c(c3)c3ccccc3n4CC(C)(C)C)C(C)CC=C2)ccc1C. The first-order valence-corrected chi connectivity index (χ1v) is 16.7. The summed E-state index contributed by atoms with van der Waals surface area (Å²) in [5.74, 6) is 0.431. The fraction of sp³-hybridized carbons (Fsp3) is 0.227. The number of benzene rings is 5. The van der Waals surface area contributed by atoms with Crippen molar-refractivity contribution in [3.8, 4) is 27.9 Å². The van der Waals surface area contributed by atoms with Gasteiger partial charge < -0.3 is 9.13 Å². The summed E-state index contributed by atoms with van der Waals surface area (Å²) in [6.45, 7) is 14.7. The number of aryl methyl sites for hydroxylation is 2. The maximum atomic E-state index is 2.55. The van der Waals surface area contributed by atoms with Gasteiger partial charge in [-0.1, -0.05) is 101 Å². The van der Waals surface area contributed by atoms with Gasteiger partial charge in [-0.25, -0.2) is 0 Å². The first-order chi connectivity index (χ1) is 22.2. The number of allylic oxidation sites excluding steroid dienone is 1. The molecule has 2 aromatic heterocycles. The lowest BCUT2D eigenvalue weighted by Gasteiger charge is -2.21. The zero-order valence-corrected chi connectivity index (χ0v) is 27.9. The lowest BCUT2D eigenvalue weighted by Crippen LogP contribution is -2.15. The van der Waals surface area contributed by atoms with Crippen LogP contribution in [-0.2, 0) is 6.54 Å². The van der Waals surface area contributed by atoms with Crippen molar-refractivity contribution in [1.29, 1.82) is 0 Å². The van der Waals surface area contributed by atoms with Crippen molar-refractivity contribution in [3.63, 3.8) is 0 Å². The number of nitrogens with zero attached hydrogens (tertiary/aromatic N) is 2. The van der Waals surface area contributed by atoms with Crippen LogP contribution in [0.4, 0.5) is 0 Å². The second-order valence-corrected chi connectivity index (χ2v) is 14.6. The molecule has 2 heteroatoms. The van der Waals surface area contributed by atoms with Crippen molar-refractivity contribution in [1.82, 2.24) is 9.13 Å². The molecule has 0 bridgehead atoms. The highest BCUT2D eigenvalue weighted by Crippen LogP contribution is 2.42. The Labute approximate surface area is 272 Å². The van der Waals surface area contributed by atoms with E-state index in [2.05, 4.69) is 166 Å². The second-order valence-electron chi connectivity index (χ2n) is 14.6. The summed E-state index contributed by atoms with van der Waals surface area (Å²) >= 11 is 0. The Balaban J connectivity index is 1.32. The molecule has 0 fully saturated rings. The van der Waals surface area contributed by atoms with E-state index in [-0.39, 0.29) is 5.41 Å². The monoisotopic (exact) mass is 598 g/mol. The van der Waals surface area contributed by atoms with Gasteiger partial charge in [-0.2, -0.15) is 0 Å². The Hall–Kier alpha value is -4.82. The average molecular weight is 599 g/mol. The summed E-state index contributed by atoms with van der Waals surface area (Å²) in [6, 6.07) is 38.8. The van der Waals surface area contributed by atoms with Crippen LogP contribution in [0.25, 0.3) is 66.7 Å². The minimum absolute atomic E-state index is 0.181. The molecule has 5 aromatic carbocycles. The quantitative estimate of drug-likeness (QED) is 0.191. The molecule has 0 saturated carbocycles. The number of aromatic nitrogens is 2. The highest BCUT2D eigenvalue weighted by Gasteiger charge is 2.25. The number of rotatable bonds is 4. The fourth-order valence-electron chi connectivity index (χ4n) is 7.75. The molecule has 7 aromatic rings. The van der Waals surface area contributed by atoms with E-state index < -0.39 is 0 Å². The maximum absolute atomic E-state index is 2.55. The van der Waals surface area contributed by atoms with E-state index in [4.69, 9.17) is 0 Å². The van der Waals surface area contributed by atoms with Crippen molar-refractivity contribution >= 4 is 38.8 Å². The molecule has 0 aliphatic heterocycles. The maximum Gasteiger partial charge on any atom is 0.0538 e. The van der Waals surface area contributed by atoms with E-state index in [0.717, 1.165) is 13.0 Å². The van der Waals surface area contributed by atoms with Gasteiger partial charge >= 0.3 is 0 Å². The van der Waals surface area contributed by atoms with Gasteiger partial charge in [-0.3, -0.25) is 0 Å². The summed E-state index contributed by atoms with van der Waals surface area (Å²) in [5, 5.41) is 3.98. The minimum Gasteiger partial charge on any atom is -0.340 e. The molecule has 1 unspecified atom stereocenters. The van der Waals surface area contributed by atoms with Crippen LogP contribution < -0.4 is 0 Å². The third-order valence-corrected chi connectivity index (χ3v) is 9.94. The summed E-state index contributed by atoms with van der Waals surface area (Å²) in [6.07, 6.45) is 5.77. The normalized spacial score (nSPS) is 14.9. The molecule has 0 amide bonds. The topological polar surface area (TPSA) is 9.86 Å². The minimum atomic E-state index is 0.181. The molecule has 1 aliphatic rings. The predicted molar refractivity (Wildman–Crippen MR) is 198 cm³/mol. The number of hydrogen-bond donors (Lipinski definition) is 0. The first kappa shape index (κ1) is 28.6. The molecule has 2 nitrogen and oxygen atoms in total. The van der Waals surface area contributed by atoms with Gasteiger partial charge in [0.2, 0.25) is 0 Å². The van der Waals surface area contributed by atoms with Gasteiger partial charge in [0.1, 0.15) is 0 Å². The summed E-state index contributed by atoms with van der Waals surface area (Å²) < 4.78 is 5.06. The molecular formula is C44H42N2. The summed E-state index contributed by atoms with van der Waals surface area (Å²) in [4.78, 5) is 0. The van der Waals surface area contributed by atoms with E-state index in [1.54, 1.807) is 0 Å². The van der Waals surface area contributed by atoms with Gasteiger partial charge in [0.05, 0.1) is 5.52 Å². The van der Waals surface area contributed by atoms with Crippen molar-refractivity contribution in [3.05, 3.63) is 132 Å². The van der Waals surface area contributed by atoms with Crippen LogP contribution in [0.3, 0.4) is 0 Å². The zero-order chi connectivity index (χ0) is 31.7. The molecule has 46 heavy (non-hydrogen) atoms. The molecule has 228 valence electrons. The molecular weight excluding hydrogens is 556 g/mol. The molecule has 0 N–H and O–H groups in total. The number of para-hydroxylation sites is 1. The second kappa shape index (κ2) is 10.6. The van der Waals surface area contributed by atoms with Crippen LogP contribution in [0.1, 0.15) is 62.4 Å². The molecule has 0 saturated heterocycles. The predicted octanol–water partition coefficient (Wildman–Crippen LogP) is 12.3. The first-order valence-electron chi connectivity index (χ1n) is 16.7. The molecule has 1 atom stereocenters. The van der Waals surface area contributed by atoms with Crippen LogP contribution >= 0.6 is 0 Å². The lowest BCUT2D eigenvalue weighted by atomic mass is 9.91. The van der Waals surface area contributed by atoms with Gasteiger partial charge in [0.25, 0.3) is 0 Å². The smallest absolute Gasteiger partial charge is 0.0538 e. The Morgan fingerprint density at radius 3 is 2.17 bits per heavy atom. The van der Waals surface area contributed by atoms with Crippen LogP contribution in [0, 0.1) is 19.3 Å². The summed E-state index contributed by atoms with van der Waals surface area (Å²) in [7, 11) is 0. The highest BCUT2D eigenvalue weighted by atomic mass is 15.0. The fourth-order valence-corrected chi connectivity index (χ4v) is 7.75. The van der Waals surface area contributed by atoms with Crippen molar-refractivity contribution in [2.75, 3.05) is 0 Å². The molecule has 1 aliphatic carbocycles. The Morgan fingerprint density at radius 2 is 1.35 bits per heavy atom. The van der Waals surface area contributed by atoms with E-state index in [0.29, 0.717) is 5.92 Å². The molecule has 0 radical (unpaired) electrons. The highest BCUT2D eigenvalue weighted by molar-refractivity contribution is 6.09. The lowest BCUT2D eigenvalue weighted by molar-refractivity contribution is 0.354. The van der Waals surface area contributed by atoms with Crippen LogP contribution in [0.15, 0.2) is 109 Å². The van der Waals surface area contributed by atoms with Crippen LogP contribution in [0.5, 0.6) is 0 Å². The largest absolute Gasteiger partial charge is 0.340 e. The van der Waals surface area contributed by atoms with Gasteiger partial charge in [0, 0.05) is 56.6 Å². The zero-order valence-electron chi connectivity index (χ0n) is 27.9. The van der Waals surface area contributed by atoms with E-state index in [1.165, 1.54) is 83.0 Å². The third kappa shape index (κ3) is 4.62. The van der Waals surface area contributed by atoms with Gasteiger partial charge in [-0.05, 0) is 102 Å². The Bertz CT molecular complexity index is 2330. The van der Waals surface area contributed by atoms with E-state index in [1.807, 2.05) is 0 Å². The summed E-state index contributed by atoms with van der Waals surface area (Å²) in [5.41, 5.74) is 15.8. The number of fused-ring (bicyclic) bond motifs is 6. The Morgan fingerprint density at radius 1 is 0.652 bits per heavy atom. The van der Waals surface area contributed by atoms with Gasteiger partial charge in [-0.15, -0.1) is 0 Å². The molecule has 8 rings (SSSR count). The standard InChI is InChI=1S/C44H42N2/c1-28-12-7-8-14-34(28)37-24-31(19-18-29(37)2)32-20-22-42-38(25-32)36-16-11-13-30(3)43(36)46(42)33-21-23-41-39(26-33)35-15-9-10-17-40(35)45(41)27-44(4,5)6/h7-12,14-26,30H,13,27H2,1-6H3. The van der Waals surface area contributed by atoms with Crippen molar-refractivity contribution < 1.29 is 0 Å². The van der Waals surface area contributed by atoms with Gasteiger partial charge in [0.15, 0.2) is 0 Å². The molecule has 2 heterocycles. The van der Waals surface area contributed by atoms with Crippen LogP contribution in [0.2, 0.25) is 0 Å². The van der Waals surface area contributed by atoms with E-state index >= 15 is 0 Å². The van der Waals surface area contributed by atoms with Crippen molar-refractivity contribution in [2.45, 2.75) is 60.4 Å². The molecule has 0 spiro atoms. The average Bonchev–Trinajstić information content (AvgIpc) is 3.54.